The molecule has 6 rings (SSSR count). The van der Waals surface area contributed by atoms with E-state index >= 15 is 0 Å². The van der Waals surface area contributed by atoms with Gasteiger partial charge >= 0.3 is 0 Å². The highest BCUT2D eigenvalue weighted by molar-refractivity contribution is 5.98. The number of likely N-dealkylation sites (N-methyl/N-ethyl adjacent to an activating group) is 1. The standard InChI is InChI=1S/C31H30FN9O/c1-4-27(42)36-23-12-19(15-33-17-23)20-13-25-29(39-40-30(25)35-16-20)31-37-26-7-5-6-24(28(26)38-31)18-10-21(32)14-22(11-18)34-8-9-41(2)3/h5-7,10-17,34H,4,8-9H2,1-3H3,(H,36,42)(H,37,38)(H,35,39,40). The molecule has 0 unspecified atom stereocenters. The van der Waals surface area contributed by atoms with Gasteiger partial charge < -0.3 is 20.5 Å². The van der Waals surface area contributed by atoms with Crippen LogP contribution in [0.3, 0.4) is 0 Å². The molecule has 2 aromatic carbocycles. The van der Waals surface area contributed by atoms with Gasteiger partial charge in [-0.15, -0.1) is 0 Å². The largest absolute Gasteiger partial charge is 0.384 e. The molecule has 0 radical (unpaired) electrons. The lowest BCUT2D eigenvalue weighted by molar-refractivity contribution is -0.115. The number of rotatable bonds is 9. The molecule has 0 bridgehead atoms. The van der Waals surface area contributed by atoms with E-state index in [9.17, 15) is 9.18 Å². The summed E-state index contributed by atoms with van der Waals surface area (Å²) in [6, 6.07) is 14.6. The highest BCUT2D eigenvalue weighted by Gasteiger charge is 2.17. The fourth-order valence-electron chi connectivity index (χ4n) is 4.81. The molecule has 4 aromatic heterocycles. The third-order valence-corrected chi connectivity index (χ3v) is 6.93. The number of pyridine rings is 2. The number of aromatic amines is 2. The Kier molecular flexibility index (Phi) is 7.32. The second-order valence-corrected chi connectivity index (χ2v) is 10.3. The molecule has 0 saturated heterocycles. The number of H-pyrrole nitrogens is 2. The van der Waals surface area contributed by atoms with Crippen LogP contribution in [0.15, 0.2) is 67.1 Å². The lowest BCUT2D eigenvalue weighted by Crippen LogP contribution is -2.20. The fraction of sp³-hybridized carbons (Fsp3) is 0.194. The third-order valence-electron chi connectivity index (χ3n) is 6.93. The number of carbonyl (C=O) groups is 1. The number of hydrogen-bond acceptors (Lipinski definition) is 7. The van der Waals surface area contributed by atoms with Gasteiger partial charge in [0, 0.05) is 54.3 Å². The van der Waals surface area contributed by atoms with Crippen molar-refractivity contribution in [2.45, 2.75) is 13.3 Å². The summed E-state index contributed by atoms with van der Waals surface area (Å²) in [7, 11) is 4.00. The maximum Gasteiger partial charge on any atom is 0.224 e. The van der Waals surface area contributed by atoms with Crippen molar-refractivity contribution in [1.82, 2.24) is 35.0 Å². The van der Waals surface area contributed by atoms with Crippen molar-refractivity contribution in [1.29, 1.82) is 0 Å². The summed E-state index contributed by atoms with van der Waals surface area (Å²) in [4.78, 5) is 31.1. The first-order chi connectivity index (χ1) is 20.4. The van der Waals surface area contributed by atoms with E-state index < -0.39 is 0 Å². The average molecular weight is 564 g/mol. The minimum atomic E-state index is -0.322. The monoisotopic (exact) mass is 563 g/mol. The summed E-state index contributed by atoms with van der Waals surface area (Å²) in [6.45, 7) is 3.32. The lowest BCUT2D eigenvalue weighted by atomic mass is 10.0. The highest BCUT2D eigenvalue weighted by Crippen LogP contribution is 2.34. The number of nitrogens with zero attached hydrogens (tertiary/aromatic N) is 5. The van der Waals surface area contributed by atoms with Crippen LogP contribution in [0, 0.1) is 5.82 Å². The predicted molar refractivity (Wildman–Crippen MR) is 164 cm³/mol. The van der Waals surface area contributed by atoms with Crippen molar-refractivity contribution in [3.05, 3.63) is 72.9 Å². The van der Waals surface area contributed by atoms with Crippen LogP contribution in [0.2, 0.25) is 0 Å². The Labute approximate surface area is 241 Å². The van der Waals surface area contributed by atoms with Crippen molar-refractivity contribution in [3.63, 3.8) is 0 Å². The van der Waals surface area contributed by atoms with Gasteiger partial charge in [-0.25, -0.2) is 14.4 Å². The van der Waals surface area contributed by atoms with Crippen molar-refractivity contribution in [2.24, 2.45) is 0 Å². The maximum absolute atomic E-state index is 14.7. The molecule has 1 amide bonds. The molecule has 11 heteroatoms. The van der Waals surface area contributed by atoms with Gasteiger partial charge in [-0.2, -0.15) is 5.10 Å². The summed E-state index contributed by atoms with van der Waals surface area (Å²) < 4.78 is 14.7. The Bertz CT molecular complexity index is 1910. The van der Waals surface area contributed by atoms with Gasteiger partial charge in [-0.1, -0.05) is 19.1 Å². The number of hydrogen-bond donors (Lipinski definition) is 4. The summed E-state index contributed by atoms with van der Waals surface area (Å²) in [5, 5.41) is 14.4. The zero-order chi connectivity index (χ0) is 29.2. The molecular formula is C31H30FN9O. The number of anilines is 2. The highest BCUT2D eigenvalue weighted by atomic mass is 19.1. The molecule has 6 aromatic rings. The van der Waals surface area contributed by atoms with E-state index in [4.69, 9.17) is 4.98 Å². The van der Waals surface area contributed by atoms with Crippen molar-refractivity contribution in [3.8, 4) is 33.8 Å². The molecule has 42 heavy (non-hydrogen) atoms. The Morgan fingerprint density at radius 1 is 1.00 bits per heavy atom. The smallest absolute Gasteiger partial charge is 0.224 e. The van der Waals surface area contributed by atoms with Crippen LogP contribution in [0.4, 0.5) is 15.8 Å². The lowest BCUT2D eigenvalue weighted by Gasteiger charge is -2.13. The van der Waals surface area contributed by atoms with E-state index in [0.29, 0.717) is 47.0 Å². The molecule has 0 aliphatic rings. The van der Waals surface area contributed by atoms with Crippen LogP contribution >= 0.6 is 0 Å². The number of carbonyl (C=O) groups excluding carboxylic acids is 1. The van der Waals surface area contributed by atoms with E-state index in [1.807, 2.05) is 50.5 Å². The minimum absolute atomic E-state index is 0.0843. The van der Waals surface area contributed by atoms with E-state index in [2.05, 4.69) is 40.7 Å². The summed E-state index contributed by atoms with van der Waals surface area (Å²) in [6.07, 6.45) is 5.45. The van der Waals surface area contributed by atoms with Gasteiger partial charge in [-0.05, 0) is 56.1 Å². The van der Waals surface area contributed by atoms with Crippen molar-refractivity contribution < 1.29 is 9.18 Å². The first-order valence-corrected chi connectivity index (χ1v) is 13.7. The van der Waals surface area contributed by atoms with Crippen LogP contribution in [0.25, 0.3) is 55.8 Å². The van der Waals surface area contributed by atoms with Gasteiger partial charge in [0.15, 0.2) is 11.5 Å². The number of benzene rings is 2. The van der Waals surface area contributed by atoms with Crippen LogP contribution in [0.1, 0.15) is 13.3 Å². The molecule has 0 spiro atoms. The van der Waals surface area contributed by atoms with Gasteiger partial charge in [-0.3, -0.25) is 14.9 Å². The SMILES string of the molecule is CCC(=O)Nc1cncc(-c2cnc3[nH]nc(-c4nc5c(-c6cc(F)cc(NCCN(C)C)c6)cccc5[nH]4)c3c2)c1. The first kappa shape index (κ1) is 27.0. The number of amides is 1. The van der Waals surface area contributed by atoms with Crippen LogP contribution in [-0.2, 0) is 4.79 Å². The molecule has 0 atom stereocenters. The third kappa shape index (κ3) is 5.54. The topological polar surface area (TPSA) is 128 Å². The number of nitrogens with one attached hydrogen (secondary N) is 4. The number of halogens is 1. The molecular weight excluding hydrogens is 533 g/mol. The zero-order valence-electron chi connectivity index (χ0n) is 23.5. The Morgan fingerprint density at radius 2 is 1.83 bits per heavy atom. The number of imidazole rings is 1. The van der Waals surface area contributed by atoms with E-state index in [-0.39, 0.29) is 11.7 Å². The second-order valence-electron chi connectivity index (χ2n) is 10.3. The molecule has 0 fully saturated rings. The van der Waals surface area contributed by atoms with Gasteiger partial charge in [0.2, 0.25) is 5.91 Å². The molecule has 0 saturated carbocycles. The summed E-state index contributed by atoms with van der Waals surface area (Å²) >= 11 is 0. The Morgan fingerprint density at radius 3 is 2.67 bits per heavy atom. The number of fused-ring (bicyclic) bond motifs is 2. The summed E-state index contributed by atoms with van der Waals surface area (Å²) in [5.74, 6) is 0.154. The van der Waals surface area contributed by atoms with E-state index in [0.717, 1.165) is 39.7 Å². The van der Waals surface area contributed by atoms with Crippen LogP contribution in [-0.4, -0.2) is 68.1 Å². The molecule has 10 nitrogen and oxygen atoms in total. The maximum atomic E-state index is 14.7. The normalized spacial score (nSPS) is 11.5. The van der Waals surface area contributed by atoms with Crippen molar-refractivity contribution in [2.75, 3.05) is 37.8 Å². The number of para-hydroxylation sites is 1. The predicted octanol–water partition coefficient (Wildman–Crippen LogP) is 5.69. The molecule has 4 heterocycles. The fourth-order valence-corrected chi connectivity index (χ4v) is 4.81. The Hall–Kier alpha value is -5.16. The van der Waals surface area contributed by atoms with Gasteiger partial charge in [0.25, 0.3) is 0 Å². The van der Waals surface area contributed by atoms with Crippen LogP contribution in [0.5, 0.6) is 0 Å². The second kappa shape index (κ2) is 11.4. The first-order valence-electron chi connectivity index (χ1n) is 13.7. The zero-order valence-corrected chi connectivity index (χ0v) is 23.5. The average Bonchev–Trinajstić information content (AvgIpc) is 3.60. The van der Waals surface area contributed by atoms with Gasteiger partial charge in [0.1, 0.15) is 11.5 Å². The molecule has 4 N–H and O–H groups in total. The van der Waals surface area contributed by atoms with E-state index in [1.165, 1.54) is 12.1 Å². The van der Waals surface area contributed by atoms with Crippen molar-refractivity contribution >= 4 is 39.3 Å². The molecule has 0 aliphatic carbocycles. The van der Waals surface area contributed by atoms with E-state index in [1.54, 1.807) is 25.5 Å². The van der Waals surface area contributed by atoms with Crippen LogP contribution < -0.4 is 10.6 Å². The molecule has 0 aliphatic heterocycles. The molecule has 212 valence electrons. The minimum Gasteiger partial charge on any atom is -0.384 e. The number of aromatic nitrogens is 6. The Balaban J connectivity index is 1.36. The van der Waals surface area contributed by atoms with Gasteiger partial charge in [0.05, 0.1) is 28.3 Å². The quantitative estimate of drug-likeness (QED) is 0.178. The summed E-state index contributed by atoms with van der Waals surface area (Å²) in [5.41, 5.74) is 7.21.